The van der Waals surface area contributed by atoms with E-state index in [4.69, 9.17) is 5.73 Å². The molecular weight excluding hydrogens is 138 g/mol. The van der Waals surface area contributed by atoms with Crippen molar-refractivity contribution in [2.75, 3.05) is 0 Å². The quantitative estimate of drug-likeness (QED) is 0.670. The van der Waals surface area contributed by atoms with Crippen LogP contribution in [0.5, 0.6) is 0 Å². The molecule has 0 unspecified atom stereocenters. The molecule has 0 atom stereocenters. The Morgan fingerprint density at radius 3 is 2.55 bits per heavy atom. The molecule has 2 N–H and O–H groups in total. The van der Waals surface area contributed by atoms with E-state index in [1.165, 1.54) is 0 Å². The van der Waals surface area contributed by atoms with Gasteiger partial charge in [-0.25, -0.2) is 0 Å². The molecule has 0 saturated heterocycles. The van der Waals surface area contributed by atoms with Gasteiger partial charge in [-0.2, -0.15) is 0 Å². The number of hydrogen-bond acceptors (Lipinski definition) is 2. The summed E-state index contributed by atoms with van der Waals surface area (Å²) in [5.41, 5.74) is 5.43. The highest BCUT2D eigenvalue weighted by Crippen LogP contribution is 2.31. The van der Waals surface area contributed by atoms with Crippen LogP contribution in [0.4, 0.5) is 0 Å². The number of carbonyl (C=O) groups is 1. The Morgan fingerprint density at radius 2 is 2.18 bits per heavy atom. The smallest absolute Gasteiger partial charge is 0.152 e. The monoisotopic (exact) mass is 155 g/mol. The van der Waals surface area contributed by atoms with Crippen molar-refractivity contribution in [3.05, 3.63) is 0 Å². The average molecular weight is 155 g/mol. The Labute approximate surface area is 68.2 Å². The van der Waals surface area contributed by atoms with Crippen LogP contribution in [-0.4, -0.2) is 11.3 Å². The first-order chi connectivity index (χ1) is 5.19. The molecule has 2 nitrogen and oxygen atoms in total. The topological polar surface area (TPSA) is 43.1 Å². The summed E-state index contributed by atoms with van der Waals surface area (Å²) in [5.74, 6) is 0.283. The molecule has 0 aromatic rings. The lowest BCUT2D eigenvalue weighted by atomic mass is 9.73. The third-order valence-electron chi connectivity index (χ3n) is 2.56. The van der Waals surface area contributed by atoms with Crippen LogP contribution in [-0.2, 0) is 4.79 Å². The van der Waals surface area contributed by atoms with Crippen molar-refractivity contribution in [1.82, 2.24) is 0 Å². The van der Waals surface area contributed by atoms with E-state index >= 15 is 0 Å². The van der Waals surface area contributed by atoms with Gasteiger partial charge in [-0.15, -0.1) is 0 Å². The van der Waals surface area contributed by atoms with Gasteiger partial charge in [0.2, 0.25) is 0 Å². The van der Waals surface area contributed by atoms with Crippen molar-refractivity contribution in [2.45, 2.75) is 51.0 Å². The van der Waals surface area contributed by atoms with Gasteiger partial charge in [0.25, 0.3) is 0 Å². The predicted octanol–water partition coefficient (Wildman–Crippen LogP) is 1.63. The molecule has 0 radical (unpaired) electrons. The lowest BCUT2D eigenvalue weighted by Gasteiger charge is -2.36. The van der Waals surface area contributed by atoms with Gasteiger partial charge in [0.05, 0.1) is 5.54 Å². The first-order valence-electron chi connectivity index (χ1n) is 4.51. The Balaban J connectivity index is 2.28. The standard InChI is InChI=1S/C9H17NO/c1-2-3-5-8(11)9(10)6-4-7-9/h2-7,10H2,1H3. The lowest BCUT2D eigenvalue weighted by molar-refractivity contribution is -0.127. The molecule has 0 aliphatic heterocycles. The maximum Gasteiger partial charge on any atom is 0.152 e. The molecule has 1 aliphatic rings. The van der Waals surface area contributed by atoms with Crippen LogP contribution < -0.4 is 5.73 Å². The highest BCUT2D eigenvalue weighted by atomic mass is 16.1. The van der Waals surface area contributed by atoms with Gasteiger partial charge in [-0.3, -0.25) is 4.79 Å². The average Bonchev–Trinajstić information content (AvgIpc) is 1.95. The number of ketones is 1. The summed E-state index contributed by atoms with van der Waals surface area (Å²) in [6.07, 6.45) is 5.73. The van der Waals surface area contributed by atoms with Crippen LogP contribution in [0.3, 0.4) is 0 Å². The molecule has 2 heteroatoms. The van der Waals surface area contributed by atoms with Gasteiger partial charge < -0.3 is 5.73 Å². The minimum absolute atomic E-state index is 0.283. The second kappa shape index (κ2) is 3.35. The summed E-state index contributed by atoms with van der Waals surface area (Å²) in [5, 5.41) is 0. The van der Waals surface area contributed by atoms with Gasteiger partial charge >= 0.3 is 0 Å². The molecule has 11 heavy (non-hydrogen) atoms. The minimum atomic E-state index is -0.408. The van der Waals surface area contributed by atoms with E-state index in [9.17, 15) is 4.79 Å². The molecule has 1 saturated carbocycles. The Kier molecular flexibility index (Phi) is 2.66. The predicted molar refractivity (Wildman–Crippen MR) is 45.3 cm³/mol. The van der Waals surface area contributed by atoms with Crippen LogP contribution in [0.2, 0.25) is 0 Å². The SMILES string of the molecule is CCCCC(=O)C1(N)CCC1. The zero-order valence-corrected chi connectivity index (χ0v) is 7.23. The van der Waals surface area contributed by atoms with E-state index in [-0.39, 0.29) is 5.78 Å². The van der Waals surface area contributed by atoms with Crippen LogP contribution in [0.25, 0.3) is 0 Å². The number of unbranched alkanes of at least 4 members (excludes halogenated alkanes) is 1. The third-order valence-corrected chi connectivity index (χ3v) is 2.56. The van der Waals surface area contributed by atoms with Gasteiger partial charge in [0, 0.05) is 6.42 Å². The molecule has 1 fully saturated rings. The molecule has 0 aromatic carbocycles. The Hall–Kier alpha value is -0.370. The summed E-state index contributed by atoms with van der Waals surface area (Å²) in [6.45, 7) is 2.09. The summed E-state index contributed by atoms with van der Waals surface area (Å²) >= 11 is 0. The highest BCUT2D eigenvalue weighted by Gasteiger charge is 2.38. The molecule has 0 spiro atoms. The normalized spacial score (nSPS) is 20.9. The van der Waals surface area contributed by atoms with Crippen LogP contribution in [0.15, 0.2) is 0 Å². The first-order valence-corrected chi connectivity index (χ1v) is 4.51. The fourth-order valence-corrected chi connectivity index (χ4v) is 1.42. The van der Waals surface area contributed by atoms with Gasteiger partial charge in [-0.1, -0.05) is 13.3 Å². The largest absolute Gasteiger partial charge is 0.319 e. The summed E-state index contributed by atoms with van der Waals surface area (Å²) in [6, 6.07) is 0. The third kappa shape index (κ3) is 1.80. The fraction of sp³-hybridized carbons (Fsp3) is 0.889. The lowest BCUT2D eigenvalue weighted by Crippen LogP contribution is -2.53. The van der Waals surface area contributed by atoms with E-state index in [1.807, 2.05) is 0 Å². The number of Topliss-reactive ketones (excluding diaryl/α,β-unsaturated/α-hetero) is 1. The van der Waals surface area contributed by atoms with Gasteiger partial charge in [0.1, 0.15) is 0 Å². The molecular formula is C9H17NO. The van der Waals surface area contributed by atoms with Crippen molar-refractivity contribution in [3.63, 3.8) is 0 Å². The van der Waals surface area contributed by atoms with Gasteiger partial charge in [0.15, 0.2) is 5.78 Å². The van der Waals surface area contributed by atoms with E-state index < -0.39 is 5.54 Å². The molecule has 0 aromatic heterocycles. The molecule has 0 amide bonds. The Bertz CT molecular complexity index is 150. The summed E-state index contributed by atoms with van der Waals surface area (Å²) in [7, 11) is 0. The van der Waals surface area contributed by atoms with Crippen molar-refractivity contribution < 1.29 is 4.79 Å². The number of hydrogen-bond donors (Lipinski definition) is 1. The van der Waals surface area contributed by atoms with Crippen molar-refractivity contribution in [2.24, 2.45) is 5.73 Å². The molecule has 0 heterocycles. The maximum atomic E-state index is 11.4. The van der Waals surface area contributed by atoms with Crippen molar-refractivity contribution >= 4 is 5.78 Å². The van der Waals surface area contributed by atoms with Gasteiger partial charge in [-0.05, 0) is 25.7 Å². The van der Waals surface area contributed by atoms with Crippen LogP contribution >= 0.6 is 0 Å². The van der Waals surface area contributed by atoms with E-state index in [1.54, 1.807) is 0 Å². The summed E-state index contributed by atoms with van der Waals surface area (Å²) < 4.78 is 0. The van der Waals surface area contributed by atoms with Crippen molar-refractivity contribution in [3.8, 4) is 0 Å². The second-order valence-electron chi connectivity index (χ2n) is 3.54. The van der Waals surface area contributed by atoms with E-state index in [0.717, 1.165) is 32.1 Å². The molecule has 1 aliphatic carbocycles. The number of nitrogens with two attached hydrogens (primary N) is 1. The second-order valence-corrected chi connectivity index (χ2v) is 3.54. The fourth-order valence-electron chi connectivity index (χ4n) is 1.42. The zero-order valence-electron chi connectivity index (χ0n) is 7.23. The zero-order chi connectivity index (χ0) is 8.32. The maximum absolute atomic E-state index is 11.4. The Morgan fingerprint density at radius 1 is 1.55 bits per heavy atom. The first kappa shape index (κ1) is 8.72. The van der Waals surface area contributed by atoms with E-state index in [0.29, 0.717) is 6.42 Å². The van der Waals surface area contributed by atoms with Crippen LogP contribution in [0.1, 0.15) is 45.4 Å². The number of rotatable bonds is 4. The highest BCUT2D eigenvalue weighted by molar-refractivity contribution is 5.89. The van der Waals surface area contributed by atoms with Crippen molar-refractivity contribution in [1.29, 1.82) is 0 Å². The number of carbonyl (C=O) groups excluding carboxylic acids is 1. The summed E-state index contributed by atoms with van der Waals surface area (Å²) in [4.78, 5) is 11.4. The minimum Gasteiger partial charge on any atom is -0.319 e. The molecule has 0 bridgehead atoms. The van der Waals surface area contributed by atoms with Crippen LogP contribution in [0, 0.1) is 0 Å². The molecule has 1 rings (SSSR count). The van der Waals surface area contributed by atoms with E-state index in [2.05, 4.69) is 6.92 Å². The molecule has 64 valence electrons.